The number of hydrogen-bond donors (Lipinski definition) is 0. The highest BCUT2D eigenvalue weighted by Crippen LogP contribution is 2.29. The van der Waals surface area contributed by atoms with E-state index in [4.69, 9.17) is 11.6 Å². The molecule has 5 nitrogen and oxygen atoms in total. The third-order valence-corrected chi connectivity index (χ3v) is 9.19. The third kappa shape index (κ3) is 4.28. The smallest absolute Gasteiger partial charge is 0.265 e. The lowest BCUT2D eigenvalue weighted by Gasteiger charge is -2.26. The first-order valence-electron chi connectivity index (χ1n) is 8.12. The molecule has 10 heteroatoms. The van der Waals surface area contributed by atoms with E-state index < -0.39 is 10.0 Å². The number of thioether (sulfide) groups is 1. The highest BCUT2D eigenvalue weighted by Gasteiger charge is 2.32. The molecule has 0 saturated carbocycles. The molecule has 26 heavy (non-hydrogen) atoms. The summed E-state index contributed by atoms with van der Waals surface area (Å²) in [6, 6.07) is 5.24. The van der Waals surface area contributed by atoms with E-state index >= 15 is 0 Å². The van der Waals surface area contributed by atoms with E-state index in [1.54, 1.807) is 34.2 Å². The SMILES string of the molecule is CCN(Cc1ccc(Cl)s1)C(=O)c1sccc1S(=O)(=O)N1CCSCC1. The Labute approximate surface area is 171 Å². The summed E-state index contributed by atoms with van der Waals surface area (Å²) in [5.41, 5.74) is 0. The molecule has 0 spiro atoms. The van der Waals surface area contributed by atoms with E-state index in [2.05, 4.69) is 0 Å². The maximum absolute atomic E-state index is 13.0. The fourth-order valence-electron chi connectivity index (χ4n) is 2.68. The molecule has 0 unspecified atom stereocenters. The van der Waals surface area contributed by atoms with Crippen LogP contribution in [-0.2, 0) is 16.6 Å². The molecule has 1 aliphatic heterocycles. The van der Waals surface area contributed by atoms with Crippen LogP contribution in [-0.4, -0.2) is 54.7 Å². The van der Waals surface area contributed by atoms with Crippen LogP contribution < -0.4 is 0 Å². The molecule has 2 aromatic rings. The van der Waals surface area contributed by atoms with Crippen molar-refractivity contribution < 1.29 is 13.2 Å². The Hall–Kier alpha value is -0.580. The molecule has 0 aliphatic carbocycles. The Morgan fingerprint density at radius 3 is 2.62 bits per heavy atom. The van der Waals surface area contributed by atoms with Gasteiger partial charge in [0.15, 0.2) is 0 Å². The molecular formula is C16H19ClN2O3S4. The number of hydrogen-bond acceptors (Lipinski definition) is 6. The normalized spacial score (nSPS) is 15.9. The number of rotatable bonds is 6. The van der Waals surface area contributed by atoms with E-state index in [0.717, 1.165) is 16.4 Å². The van der Waals surface area contributed by atoms with E-state index in [9.17, 15) is 13.2 Å². The van der Waals surface area contributed by atoms with Gasteiger partial charge in [-0.2, -0.15) is 16.1 Å². The second kappa shape index (κ2) is 8.62. The summed E-state index contributed by atoms with van der Waals surface area (Å²) >= 11 is 10.3. The predicted octanol–water partition coefficient (Wildman–Crippen LogP) is 3.86. The Balaban J connectivity index is 1.85. The van der Waals surface area contributed by atoms with Crippen molar-refractivity contribution in [1.82, 2.24) is 9.21 Å². The molecule has 1 amide bonds. The summed E-state index contributed by atoms with van der Waals surface area (Å²) in [6.45, 7) is 3.77. The molecule has 1 saturated heterocycles. The predicted molar refractivity (Wildman–Crippen MR) is 110 cm³/mol. The van der Waals surface area contributed by atoms with Gasteiger partial charge in [0.25, 0.3) is 5.91 Å². The average Bonchev–Trinajstić information content (AvgIpc) is 3.29. The molecular weight excluding hydrogens is 432 g/mol. The maximum Gasteiger partial charge on any atom is 0.265 e. The Kier molecular flexibility index (Phi) is 6.68. The Bertz CT molecular complexity index is 872. The summed E-state index contributed by atoms with van der Waals surface area (Å²) < 4.78 is 28.1. The van der Waals surface area contributed by atoms with Gasteiger partial charge in [0.05, 0.1) is 10.9 Å². The van der Waals surface area contributed by atoms with Crippen molar-refractivity contribution in [3.05, 3.63) is 37.7 Å². The van der Waals surface area contributed by atoms with Crippen LogP contribution in [0.3, 0.4) is 0 Å². The molecule has 142 valence electrons. The maximum atomic E-state index is 13.0. The first-order chi connectivity index (χ1) is 12.4. The van der Waals surface area contributed by atoms with Gasteiger partial charge in [0, 0.05) is 36.0 Å². The lowest BCUT2D eigenvalue weighted by Crippen LogP contribution is -2.39. The number of carbonyl (C=O) groups is 1. The van der Waals surface area contributed by atoms with Crippen LogP contribution in [0.15, 0.2) is 28.5 Å². The van der Waals surface area contributed by atoms with Crippen molar-refractivity contribution in [1.29, 1.82) is 0 Å². The molecule has 0 radical (unpaired) electrons. The van der Waals surface area contributed by atoms with Gasteiger partial charge in [0.2, 0.25) is 10.0 Å². The zero-order chi connectivity index (χ0) is 18.7. The van der Waals surface area contributed by atoms with Crippen LogP contribution in [0.5, 0.6) is 0 Å². The standard InChI is InChI=1S/C16H19ClN2O3S4/c1-2-18(11-12-3-4-14(17)25-12)16(20)15-13(5-8-24-15)26(21,22)19-6-9-23-10-7-19/h3-5,8H,2,6-7,9-11H2,1H3. The number of thiophene rings is 2. The first-order valence-corrected chi connectivity index (χ1v) is 12.8. The van der Waals surface area contributed by atoms with Crippen molar-refractivity contribution in [3.8, 4) is 0 Å². The quantitative estimate of drug-likeness (QED) is 0.670. The minimum absolute atomic E-state index is 0.127. The van der Waals surface area contributed by atoms with Crippen molar-refractivity contribution in [3.63, 3.8) is 0 Å². The van der Waals surface area contributed by atoms with Crippen LogP contribution in [0.1, 0.15) is 21.5 Å². The lowest BCUT2D eigenvalue weighted by atomic mass is 10.3. The molecule has 3 rings (SSSR count). The third-order valence-electron chi connectivity index (χ3n) is 4.06. The molecule has 1 aliphatic rings. The van der Waals surface area contributed by atoms with Crippen LogP contribution in [0.4, 0.5) is 0 Å². The molecule has 2 aromatic heterocycles. The molecule has 3 heterocycles. The highest BCUT2D eigenvalue weighted by molar-refractivity contribution is 7.99. The lowest BCUT2D eigenvalue weighted by molar-refractivity contribution is 0.0755. The van der Waals surface area contributed by atoms with Crippen LogP contribution in [0.25, 0.3) is 0 Å². The van der Waals surface area contributed by atoms with Crippen LogP contribution in [0.2, 0.25) is 4.34 Å². The Morgan fingerprint density at radius 1 is 1.27 bits per heavy atom. The first kappa shape index (κ1) is 20.2. The largest absolute Gasteiger partial charge is 0.333 e. The van der Waals surface area contributed by atoms with Gasteiger partial charge in [0.1, 0.15) is 9.77 Å². The fourth-order valence-corrected chi connectivity index (χ4v) is 7.72. The molecule has 0 bridgehead atoms. The van der Waals surface area contributed by atoms with Crippen molar-refractivity contribution in [2.24, 2.45) is 0 Å². The summed E-state index contributed by atoms with van der Waals surface area (Å²) in [5, 5.41) is 1.68. The van der Waals surface area contributed by atoms with Crippen LogP contribution in [0, 0.1) is 0 Å². The second-order valence-electron chi connectivity index (χ2n) is 5.66. The number of sulfonamides is 1. The minimum atomic E-state index is -3.64. The van der Waals surface area contributed by atoms with E-state index in [-0.39, 0.29) is 15.7 Å². The summed E-state index contributed by atoms with van der Waals surface area (Å²) in [4.78, 5) is 16.1. The minimum Gasteiger partial charge on any atom is -0.333 e. The van der Waals surface area contributed by atoms with Gasteiger partial charge >= 0.3 is 0 Å². The van der Waals surface area contributed by atoms with Gasteiger partial charge < -0.3 is 4.90 Å². The number of carbonyl (C=O) groups excluding carboxylic acids is 1. The van der Waals surface area contributed by atoms with Crippen molar-refractivity contribution >= 4 is 62.0 Å². The number of nitrogens with zero attached hydrogens (tertiary/aromatic N) is 2. The fraction of sp³-hybridized carbons (Fsp3) is 0.438. The van der Waals surface area contributed by atoms with Crippen molar-refractivity contribution in [2.45, 2.75) is 18.4 Å². The van der Waals surface area contributed by atoms with Crippen molar-refractivity contribution in [2.75, 3.05) is 31.1 Å². The van der Waals surface area contributed by atoms with Gasteiger partial charge in [-0.15, -0.1) is 22.7 Å². The summed E-state index contributed by atoms with van der Waals surface area (Å²) in [6.07, 6.45) is 0. The summed E-state index contributed by atoms with van der Waals surface area (Å²) in [5.74, 6) is 1.32. The van der Waals surface area contributed by atoms with Gasteiger partial charge in [-0.3, -0.25) is 4.79 Å². The number of halogens is 1. The average molecular weight is 451 g/mol. The monoisotopic (exact) mass is 450 g/mol. The molecule has 0 N–H and O–H groups in total. The topological polar surface area (TPSA) is 57.7 Å². The Morgan fingerprint density at radius 2 is 2.00 bits per heavy atom. The van der Waals surface area contributed by atoms with E-state index in [0.29, 0.717) is 30.5 Å². The molecule has 1 fully saturated rings. The zero-order valence-corrected chi connectivity index (χ0v) is 18.2. The molecule has 0 atom stereocenters. The van der Waals surface area contributed by atoms with Crippen LogP contribution >= 0.6 is 46.0 Å². The molecule has 0 aromatic carbocycles. The summed E-state index contributed by atoms with van der Waals surface area (Å²) in [7, 11) is -3.64. The van der Waals surface area contributed by atoms with Gasteiger partial charge in [-0.05, 0) is 30.5 Å². The van der Waals surface area contributed by atoms with E-state index in [1.165, 1.54) is 27.0 Å². The van der Waals surface area contributed by atoms with Gasteiger partial charge in [-0.25, -0.2) is 8.42 Å². The highest BCUT2D eigenvalue weighted by atomic mass is 35.5. The number of amides is 1. The van der Waals surface area contributed by atoms with E-state index in [1.807, 2.05) is 13.0 Å². The second-order valence-corrected chi connectivity index (χ2v) is 11.5. The zero-order valence-electron chi connectivity index (χ0n) is 14.2. The van der Waals surface area contributed by atoms with Gasteiger partial charge in [-0.1, -0.05) is 11.6 Å².